The number of rotatable bonds is 6. The largest absolute Gasteiger partial charge is 0.418 e. The zero-order valence-corrected chi connectivity index (χ0v) is 15.6. The SMILES string of the molecule is C[C@@H]1CCCC[C@@H]1NC(=O)CN(C)CC(=O)Nc1ccccc1C(F)(F)F. The van der Waals surface area contributed by atoms with Crippen molar-refractivity contribution in [3.8, 4) is 0 Å². The summed E-state index contributed by atoms with van der Waals surface area (Å²) in [5.41, 5.74) is -1.19. The van der Waals surface area contributed by atoms with E-state index in [1.807, 2.05) is 0 Å². The molecule has 2 rings (SSSR count). The minimum atomic E-state index is -4.55. The van der Waals surface area contributed by atoms with E-state index in [1.54, 1.807) is 7.05 Å². The number of nitrogens with one attached hydrogen (secondary N) is 2. The van der Waals surface area contributed by atoms with Crippen LogP contribution in [0.4, 0.5) is 18.9 Å². The molecule has 5 nitrogen and oxygen atoms in total. The standard InChI is InChI=1S/C19H26F3N3O2/c1-13-7-3-5-9-15(13)23-17(26)11-25(2)12-18(27)24-16-10-6-4-8-14(16)19(20,21)22/h4,6,8,10,13,15H,3,5,7,9,11-12H2,1-2H3,(H,23,26)(H,24,27)/t13-,15+/m1/s1. The van der Waals surface area contributed by atoms with Crippen LogP contribution in [0.2, 0.25) is 0 Å². The molecule has 2 amide bonds. The van der Waals surface area contributed by atoms with Gasteiger partial charge in [-0.25, -0.2) is 0 Å². The zero-order valence-electron chi connectivity index (χ0n) is 15.6. The van der Waals surface area contributed by atoms with E-state index in [0.29, 0.717) is 5.92 Å². The highest BCUT2D eigenvalue weighted by atomic mass is 19.4. The highest BCUT2D eigenvalue weighted by Gasteiger charge is 2.33. The van der Waals surface area contributed by atoms with Crippen LogP contribution < -0.4 is 10.6 Å². The molecule has 0 aliphatic heterocycles. The summed E-state index contributed by atoms with van der Waals surface area (Å²) in [6.45, 7) is 1.94. The molecule has 150 valence electrons. The van der Waals surface area contributed by atoms with Crippen LogP contribution in [0.1, 0.15) is 38.2 Å². The Hall–Kier alpha value is -2.09. The van der Waals surface area contributed by atoms with Gasteiger partial charge in [0, 0.05) is 6.04 Å². The smallest absolute Gasteiger partial charge is 0.352 e. The molecule has 0 saturated heterocycles. The second-order valence-electron chi connectivity index (χ2n) is 7.20. The van der Waals surface area contributed by atoms with Crippen molar-refractivity contribution in [1.29, 1.82) is 0 Å². The Labute approximate surface area is 157 Å². The monoisotopic (exact) mass is 385 g/mol. The van der Waals surface area contributed by atoms with Crippen molar-refractivity contribution in [3.63, 3.8) is 0 Å². The molecule has 0 heterocycles. The molecule has 0 unspecified atom stereocenters. The first-order valence-electron chi connectivity index (χ1n) is 9.11. The van der Waals surface area contributed by atoms with Gasteiger partial charge in [0.25, 0.3) is 0 Å². The molecule has 1 saturated carbocycles. The Morgan fingerprint density at radius 2 is 1.74 bits per heavy atom. The molecule has 0 spiro atoms. The summed E-state index contributed by atoms with van der Waals surface area (Å²) < 4.78 is 38.9. The van der Waals surface area contributed by atoms with Gasteiger partial charge in [0.05, 0.1) is 24.3 Å². The molecule has 1 aliphatic rings. The first-order chi connectivity index (χ1) is 12.7. The van der Waals surface area contributed by atoms with E-state index in [0.717, 1.165) is 25.3 Å². The van der Waals surface area contributed by atoms with Crippen LogP contribution in [-0.2, 0) is 15.8 Å². The van der Waals surface area contributed by atoms with Crippen LogP contribution in [0.15, 0.2) is 24.3 Å². The lowest BCUT2D eigenvalue weighted by Gasteiger charge is -2.30. The molecule has 0 bridgehead atoms. The molecule has 1 aromatic rings. The summed E-state index contributed by atoms with van der Waals surface area (Å²) in [5, 5.41) is 5.27. The maximum Gasteiger partial charge on any atom is 0.418 e. The van der Waals surface area contributed by atoms with Gasteiger partial charge in [-0.2, -0.15) is 13.2 Å². The first-order valence-corrected chi connectivity index (χ1v) is 9.11. The van der Waals surface area contributed by atoms with Gasteiger partial charge in [0.1, 0.15) is 0 Å². The van der Waals surface area contributed by atoms with Gasteiger partial charge < -0.3 is 10.6 Å². The normalized spacial score (nSPS) is 20.4. The Balaban J connectivity index is 1.84. The quantitative estimate of drug-likeness (QED) is 0.790. The number of halogens is 3. The Morgan fingerprint density at radius 3 is 2.41 bits per heavy atom. The maximum atomic E-state index is 13.0. The Bertz CT molecular complexity index is 664. The molecule has 0 aromatic heterocycles. The van der Waals surface area contributed by atoms with Crippen molar-refractivity contribution in [1.82, 2.24) is 10.2 Å². The van der Waals surface area contributed by atoms with Crippen LogP contribution in [0.3, 0.4) is 0 Å². The van der Waals surface area contributed by atoms with Crippen molar-refractivity contribution in [2.75, 3.05) is 25.5 Å². The number of hydrogen-bond donors (Lipinski definition) is 2. The van der Waals surface area contributed by atoms with Gasteiger partial charge in [-0.1, -0.05) is 31.9 Å². The van der Waals surface area contributed by atoms with E-state index in [4.69, 9.17) is 0 Å². The number of carbonyl (C=O) groups is 2. The number of anilines is 1. The van der Waals surface area contributed by atoms with Gasteiger partial charge in [0.15, 0.2) is 0 Å². The molecule has 1 fully saturated rings. The van der Waals surface area contributed by atoms with E-state index in [1.165, 1.54) is 29.5 Å². The van der Waals surface area contributed by atoms with E-state index in [2.05, 4.69) is 17.6 Å². The van der Waals surface area contributed by atoms with E-state index >= 15 is 0 Å². The van der Waals surface area contributed by atoms with Crippen molar-refractivity contribution in [2.24, 2.45) is 5.92 Å². The van der Waals surface area contributed by atoms with Crippen molar-refractivity contribution in [2.45, 2.75) is 44.8 Å². The number of benzene rings is 1. The molecule has 2 atom stereocenters. The minimum Gasteiger partial charge on any atom is -0.352 e. The fourth-order valence-corrected chi connectivity index (χ4v) is 3.36. The average molecular weight is 385 g/mol. The molecule has 27 heavy (non-hydrogen) atoms. The minimum absolute atomic E-state index is 0.0115. The second kappa shape index (κ2) is 9.21. The number of amides is 2. The second-order valence-corrected chi connectivity index (χ2v) is 7.20. The van der Waals surface area contributed by atoms with Crippen LogP contribution in [0.25, 0.3) is 0 Å². The topological polar surface area (TPSA) is 61.4 Å². The Morgan fingerprint density at radius 1 is 1.11 bits per heavy atom. The fourth-order valence-electron chi connectivity index (χ4n) is 3.36. The summed E-state index contributed by atoms with van der Waals surface area (Å²) in [7, 11) is 1.58. The maximum absolute atomic E-state index is 13.0. The molecular weight excluding hydrogens is 359 g/mol. The summed E-state index contributed by atoms with van der Waals surface area (Å²) in [6, 6.07) is 4.96. The predicted molar refractivity (Wildman–Crippen MR) is 97.1 cm³/mol. The van der Waals surface area contributed by atoms with Crippen molar-refractivity contribution >= 4 is 17.5 Å². The Kier molecular flexibility index (Phi) is 7.24. The lowest BCUT2D eigenvalue weighted by molar-refractivity contribution is -0.137. The highest BCUT2D eigenvalue weighted by molar-refractivity contribution is 5.93. The summed E-state index contributed by atoms with van der Waals surface area (Å²) in [5.74, 6) is -0.358. The summed E-state index contributed by atoms with van der Waals surface area (Å²) in [6.07, 6.45) is -0.251. The van der Waals surface area contributed by atoms with E-state index in [9.17, 15) is 22.8 Å². The number of alkyl halides is 3. The first kappa shape index (κ1) is 21.2. The van der Waals surface area contributed by atoms with Gasteiger partial charge in [-0.05, 0) is 37.9 Å². The fraction of sp³-hybridized carbons (Fsp3) is 0.579. The number of hydrogen-bond acceptors (Lipinski definition) is 3. The van der Waals surface area contributed by atoms with E-state index < -0.39 is 17.6 Å². The third kappa shape index (κ3) is 6.53. The summed E-state index contributed by atoms with van der Waals surface area (Å²) in [4.78, 5) is 25.7. The lowest BCUT2D eigenvalue weighted by Crippen LogP contribution is -2.46. The number of likely N-dealkylation sites (N-methyl/N-ethyl adjacent to an activating group) is 1. The van der Waals surface area contributed by atoms with Crippen molar-refractivity contribution < 1.29 is 22.8 Å². The molecule has 8 heteroatoms. The van der Waals surface area contributed by atoms with Crippen LogP contribution in [0, 0.1) is 5.92 Å². The van der Waals surface area contributed by atoms with Gasteiger partial charge in [0.2, 0.25) is 11.8 Å². The van der Waals surface area contributed by atoms with Gasteiger partial charge in [-0.3, -0.25) is 14.5 Å². The van der Waals surface area contributed by atoms with Crippen LogP contribution in [-0.4, -0.2) is 42.9 Å². The van der Waals surface area contributed by atoms with Gasteiger partial charge >= 0.3 is 6.18 Å². The number of para-hydroxylation sites is 1. The molecule has 1 aliphatic carbocycles. The number of carbonyl (C=O) groups excluding carboxylic acids is 2. The molecule has 2 N–H and O–H groups in total. The zero-order chi connectivity index (χ0) is 20.0. The molecule has 0 radical (unpaired) electrons. The summed E-state index contributed by atoms with van der Waals surface area (Å²) >= 11 is 0. The highest BCUT2D eigenvalue weighted by Crippen LogP contribution is 2.34. The van der Waals surface area contributed by atoms with E-state index in [-0.39, 0.29) is 30.7 Å². The predicted octanol–water partition coefficient (Wildman–Crippen LogP) is 3.27. The van der Waals surface area contributed by atoms with Crippen LogP contribution >= 0.6 is 0 Å². The lowest BCUT2D eigenvalue weighted by atomic mass is 9.86. The van der Waals surface area contributed by atoms with Crippen molar-refractivity contribution in [3.05, 3.63) is 29.8 Å². The third-order valence-electron chi connectivity index (χ3n) is 4.79. The van der Waals surface area contributed by atoms with Gasteiger partial charge in [-0.15, -0.1) is 0 Å². The molecule has 1 aromatic carbocycles. The number of nitrogens with zero attached hydrogens (tertiary/aromatic N) is 1. The van der Waals surface area contributed by atoms with Crippen LogP contribution in [0.5, 0.6) is 0 Å². The average Bonchev–Trinajstić information content (AvgIpc) is 2.56. The molecular formula is C19H26F3N3O2. The third-order valence-corrected chi connectivity index (χ3v) is 4.79.